The Balaban J connectivity index is 1.65. The molecule has 1 atom stereocenters. The monoisotopic (exact) mass is 480 g/mol. The van der Waals surface area contributed by atoms with E-state index in [1.54, 1.807) is 0 Å². The molecule has 0 aromatic carbocycles. The number of thioether (sulfide) groups is 1. The Labute approximate surface area is 196 Å². The lowest BCUT2D eigenvalue weighted by molar-refractivity contribution is -0.127. The number of aromatic nitrogens is 3. The SMILES string of the molecule is CC(C)n1nc(-c2cc(C(C)(F)F)ncc2F)c2c1CC(C(=O)NC1(C)CCSCC1)CC2. The van der Waals surface area contributed by atoms with E-state index in [1.165, 1.54) is 0 Å². The van der Waals surface area contributed by atoms with Crippen LogP contribution in [0.25, 0.3) is 11.3 Å². The lowest BCUT2D eigenvalue weighted by Gasteiger charge is -2.36. The summed E-state index contributed by atoms with van der Waals surface area (Å²) in [5, 5.41) is 7.92. The third-order valence-electron chi connectivity index (χ3n) is 6.74. The van der Waals surface area contributed by atoms with E-state index in [1.807, 2.05) is 30.3 Å². The lowest BCUT2D eigenvalue weighted by atomic mass is 9.84. The van der Waals surface area contributed by atoms with Crippen molar-refractivity contribution in [1.29, 1.82) is 0 Å². The molecule has 2 aromatic rings. The number of fused-ring (bicyclic) bond motifs is 1. The van der Waals surface area contributed by atoms with Gasteiger partial charge in [0.25, 0.3) is 5.92 Å². The van der Waals surface area contributed by atoms with E-state index >= 15 is 0 Å². The quantitative estimate of drug-likeness (QED) is 0.632. The van der Waals surface area contributed by atoms with Crippen molar-refractivity contribution in [2.24, 2.45) is 5.92 Å². The average molecular weight is 481 g/mol. The summed E-state index contributed by atoms with van der Waals surface area (Å²) in [5.74, 6) is -1.90. The molecule has 0 saturated carbocycles. The first-order chi connectivity index (χ1) is 15.5. The highest BCUT2D eigenvalue weighted by Crippen LogP contribution is 2.38. The summed E-state index contributed by atoms with van der Waals surface area (Å²) in [6.45, 7) is 6.79. The van der Waals surface area contributed by atoms with Gasteiger partial charge in [-0.05, 0) is 64.0 Å². The van der Waals surface area contributed by atoms with Crippen LogP contribution in [0.3, 0.4) is 0 Å². The topological polar surface area (TPSA) is 59.8 Å². The van der Waals surface area contributed by atoms with Crippen molar-refractivity contribution in [2.45, 2.75) is 77.3 Å². The molecule has 1 aliphatic heterocycles. The molecule has 9 heteroatoms. The van der Waals surface area contributed by atoms with Gasteiger partial charge in [-0.25, -0.2) is 4.39 Å². The fourth-order valence-corrected chi connectivity index (χ4v) is 6.10. The number of rotatable bonds is 5. The van der Waals surface area contributed by atoms with Crippen molar-refractivity contribution < 1.29 is 18.0 Å². The number of pyridine rings is 1. The van der Waals surface area contributed by atoms with Crippen molar-refractivity contribution in [1.82, 2.24) is 20.1 Å². The summed E-state index contributed by atoms with van der Waals surface area (Å²) >= 11 is 1.92. The number of carbonyl (C=O) groups is 1. The first-order valence-electron chi connectivity index (χ1n) is 11.5. The average Bonchev–Trinajstić information content (AvgIpc) is 3.12. The van der Waals surface area contributed by atoms with Gasteiger partial charge in [0.1, 0.15) is 5.69 Å². The predicted octanol–water partition coefficient (Wildman–Crippen LogP) is 5.28. The van der Waals surface area contributed by atoms with E-state index in [4.69, 9.17) is 0 Å². The number of alkyl halides is 2. The molecule has 1 amide bonds. The minimum atomic E-state index is -3.18. The molecule has 180 valence electrons. The van der Waals surface area contributed by atoms with Crippen LogP contribution in [0.5, 0.6) is 0 Å². The largest absolute Gasteiger partial charge is 0.351 e. The van der Waals surface area contributed by atoms with E-state index in [0.717, 1.165) is 54.8 Å². The van der Waals surface area contributed by atoms with E-state index in [9.17, 15) is 18.0 Å². The molecule has 5 nitrogen and oxygen atoms in total. The van der Waals surface area contributed by atoms with Crippen LogP contribution in [0, 0.1) is 11.7 Å². The Morgan fingerprint density at radius 1 is 1.33 bits per heavy atom. The smallest absolute Gasteiger partial charge is 0.286 e. The summed E-state index contributed by atoms with van der Waals surface area (Å²) < 4.78 is 44.2. The van der Waals surface area contributed by atoms with Crippen molar-refractivity contribution in [3.05, 3.63) is 35.0 Å². The van der Waals surface area contributed by atoms with E-state index < -0.39 is 17.4 Å². The molecule has 2 aromatic heterocycles. The minimum absolute atomic E-state index is 0.0146. The van der Waals surface area contributed by atoms with Crippen LogP contribution in [-0.2, 0) is 23.6 Å². The van der Waals surface area contributed by atoms with Gasteiger partial charge in [0.15, 0.2) is 5.82 Å². The molecule has 1 aliphatic carbocycles. The molecular formula is C24H31F3N4OS. The first kappa shape index (κ1) is 24.1. The van der Waals surface area contributed by atoms with E-state index in [2.05, 4.69) is 22.3 Å². The van der Waals surface area contributed by atoms with Crippen molar-refractivity contribution >= 4 is 17.7 Å². The highest BCUT2D eigenvalue weighted by Gasteiger charge is 2.36. The Kier molecular flexibility index (Phi) is 6.55. The van der Waals surface area contributed by atoms with E-state index in [-0.39, 0.29) is 29.0 Å². The number of nitrogens with one attached hydrogen (secondary N) is 1. The second-order valence-corrected chi connectivity index (χ2v) is 11.1. The molecule has 0 spiro atoms. The van der Waals surface area contributed by atoms with Crippen LogP contribution < -0.4 is 5.32 Å². The zero-order valence-corrected chi connectivity index (χ0v) is 20.4. The highest BCUT2D eigenvalue weighted by molar-refractivity contribution is 7.99. The maximum absolute atomic E-state index is 14.7. The molecular weight excluding hydrogens is 449 g/mol. The zero-order valence-electron chi connectivity index (χ0n) is 19.6. The maximum atomic E-state index is 14.7. The Morgan fingerprint density at radius 3 is 2.67 bits per heavy atom. The number of hydrogen-bond donors (Lipinski definition) is 1. The number of nitrogens with zero attached hydrogens (tertiary/aromatic N) is 3. The molecule has 1 fully saturated rings. The normalized spacial score (nSPS) is 20.5. The molecule has 0 bridgehead atoms. The molecule has 4 rings (SSSR count). The third kappa shape index (κ3) is 4.93. The fraction of sp³-hybridized carbons (Fsp3) is 0.625. The van der Waals surface area contributed by atoms with Crippen LogP contribution in [0.1, 0.15) is 70.0 Å². The van der Waals surface area contributed by atoms with Crippen LogP contribution in [0.2, 0.25) is 0 Å². The summed E-state index contributed by atoms with van der Waals surface area (Å²) in [7, 11) is 0. The molecule has 3 heterocycles. The zero-order chi connectivity index (χ0) is 24.0. The summed E-state index contributed by atoms with van der Waals surface area (Å²) in [6.07, 6.45) is 4.42. The summed E-state index contributed by atoms with van der Waals surface area (Å²) in [5.41, 5.74) is 1.47. The first-order valence-corrected chi connectivity index (χ1v) is 12.7. The summed E-state index contributed by atoms with van der Waals surface area (Å²) in [6, 6.07) is 1.09. The Morgan fingerprint density at radius 2 is 2.03 bits per heavy atom. The molecule has 1 unspecified atom stereocenters. The van der Waals surface area contributed by atoms with Crippen molar-refractivity contribution in [3.8, 4) is 11.3 Å². The Hall–Kier alpha value is -2.03. The molecule has 0 radical (unpaired) electrons. The second-order valence-electron chi connectivity index (χ2n) is 9.85. The van der Waals surface area contributed by atoms with Gasteiger partial charge in [-0.15, -0.1) is 0 Å². The molecule has 1 N–H and O–H groups in total. The van der Waals surface area contributed by atoms with Crippen molar-refractivity contribution in [2.75, 3.05) is 11.5 Å². The second kappa shape index (κ2) is 8.96. The van der Waals surface area contributed by atoms with Crippen LogP contribution in [0.15, 0.2) is 12.3 Å². The lowest BCUT2D eigenvalue weighted by Crippen LogP contribution is -2.51. The van der Waals surface area contributed by atoms with Gasteiger partial charge in [-0.1, -0.05) is 0 Å². The van der Waals surface area contributed by atoms with Gasteiger partial charge in [0.2, 0.25) is 5.91 Å². The summed E-state index contributed by atoms with van der Waals surface area (Å²) in [4.78, 5) is 16.7. The van der Waals surface area contributed by atoms with Gasteiger partial charge in [0, 0.05) is 47.7 Å². The van der Waals surface area contributed by atoms with Gasteiger partial charge in [-0.2, -0.15) is 25.6 Å². The maximum Gasteiger partial charge on any atom is 0.286 e. The fourth-order valence-electron chi connectivity index (χ4n) is 4.71. The van der Waals surface area contributed by atoms with Gasteiger partial charge < -0.3 is 5.32 Å². The van der Waals surface area contributed by atoms with Gasteiger partial charge >= 0.3 is 0 Å². The third-order valence-corrected chi connectivity index (χ3v) is 7.73. The predicted molar refractivity (Wildman–Crippen MR) is 124 cm³/mol. The van der Waals surface area contributed by atoms with Gasteiger partial charge in [0.05, 0.1) is 11.9 Å². The molecule has 2 aliphatic rings. The van der Waals surface area contributed by atoms with Crippen molar-refractivity contribution in [3.63, 3.8) is 0 Å². The standard InChI is InChI=1S/C24H31F3N4OS/c1-14(2)31-19-11-15(22(32)29-23(3)7-9-33-10-8-23)5-6-16(19)21(30-31)17-12-20(24(4,26)27)28-13-18(17)25/h12-15H,5-11H2,1-4H3,(H,29,32). The Bertz CT molecular complexity index is 1040. The minimum Gasteiger partial charge on any atom is -0.351 e. The number of carbonyl (C=O) groups excluding carboxylic acids is 1. The number of amides is 1. The molecule has 33 heavy (non-hydrogen) atoms. The highest BCUT2D eigenvalue weighted by atomic mass is 32.2. The van der Waals surface area contributed by atoms with Crippen LogP contribution in [-0.4, -0.2) is 37.7 Å². The molecule has 1 saturated heterocycles. The number of halogens is 3. The van der Waals surface area contributed by atoms with Gasteiger partial charge in [-0.3, -0.25) is 14.5 Å². The van der Waals surface area contributed by atoms with E-state index in [0.29, 0.717) is 25.0 Å². The van der Waals surface area contributed by atoms with Crippen LogP contribution in [0.4, 0.5) is 13.2 Å². The van der Waals surface area contributed by atoms with Crippen LogP contribution >= 0.6 is 11.8 Å². The number of hydrogen-bond acceptors (Lipinski definition) is 4.